The van der Waals surface area contributed by atoms with Crippen molar-refractivity contribution in [1.29, 1.82) is 0 Å². The normalized spacial score (nSPS) is 12.2. The van der Waals surface area contributed by atoms with Crippen molar-refractivity contribution in [3.8, 4) is 0 Å². The molecule has 4 heteroatoms. The quantitative estimate of drug-likeness (QED) is 0.116. The Morgan fingerprint density at radius 1 is 0.656 bits per heavy atom. The van der Waals surface area contributed by atoms with Gasteiger partial charge in [-0.2, -0.15) is 0 Å². The van der Waals surface area contributed by atoms with Crippen LogP contribution in [0.15, 0.2) is 0 Å². The lowest BCUT2D eigenvalue weighted by atomic mass is 10.0. The summed E-state index contributed by atoms with van der Waals surface area (Å²) in [7, 11) is 0. The van der Waals surface area contributed by atoms with Gasteiger partial charge in [-0.25, -0.2) is 4.79 Å². The number of aliphatic carboxylic acids is 1. The van der Waals surface area contributed by atoms with E-state index in [1.807, 2.05) is 0 Å². The van der Waals surface area contributed by atoms with Crippen molar-refractivity contribution >= 4 is 5.97 Å². The summed E-state index contributed by atoms with van der Waals surface area (Å²) >= 11 is 0. The van der Waals surface area contributed by atoms with Crippen LogP contribution in [0, 0.1) is 11.8 Å². The van der Waals surface area contributed by atoms with Gasteiger partial charge in [0.25, 0.3) is 5.79 Å². The summed E-state index contributed by atoms with van der Waals surface area (Å²) in [6, 6.07) is 0. The monoisotopic (exact) mass is 456 g/mol. The van der Waals surface area contributed by atoms with E-state index < -0.39 is 11.8 Å². The van der Waals surface area contributed by atoms with Crippen LogP contribution in [0.2, 0.25) is 0 Å². The number of rotatable bonds is 24. The number of hydrogen-bond donors (Lipinski definition) is 1. The minimum absolute atomic E-state index is 0.454. The lowest BCUT2D eigenvalue weighted by Crippen LogP contribution is -2.45. The molecule has 0 aromatic heterocycles. The first-order valence-corrected chi connectivity index (χ1v) is 13.8. The minimum atomic E-state index is -1.46. The van der Waals surface area contributed by atoms with Crippen LogP contribution in [0.5, 0.6) is 0 Å². The van der Waals surface area contributed by atoms with Crippen molar-refractivity contribution in [2.45, 2.75) is 150 Å². The smallest absolute Gasteiger partial charge is 0.364 e. The molecule has 0 aromatic carbocycles. The van der Waals surface area contributed by atoms with Gasteiger partial charge in [-0.1, -0.05) is 118 Å². The molecule has 0 aliphatic rings. The van der Waals surface area contributed by atoms with Gasteiger partial charge in [0.05, 0.1) is 13.2 Å². The standard InChI is InChI=1S/C28H56O4/c1-6-7-8-9-10-11-12-17-22-28(27(29)30,31-23-18-13-15-20-25(2)3)32-24-19-14-16-21-26(4)5/h25-26H,6-24H2,1-5H3,(H,29,30). The van der Waals surface area contributed by atoms with Gasteiger partial charge in [0, 0.05) is 6.42 Å². The van der Waals surface area contributed by atoms with E-state index in [0.717, 1.165) is 50.4 Å². The fourth-order valence-corrected chi connectivity index (χ4v) is 4.04. The van der Waals surface area contributed by atoms with Crippen molar-refractivity contribution in [3.05, 3.63) is 0 Å². The van der Waals surface area contributed by atoms with Gasteiger partial charge in [0.15, 0.2) is 0 Å². The topological polar surface area (TPSA) is 55.8 Å². The number of hydrogen-bond acceptors (Lipinski definition) is 3. The zero-order valence-corrected chi connectivity index (χ0v) is 22.3. The summed E-state index contributed by atoms with van der Waals surface area (Å²) in [5, 5.41) is 10.0. The summed E-state index contributed by atoms with van der Waals surface area (Å²) in [4.78, 5) is 12.2. The van der Waals surface area contributed by atoms with Crippen LogP contribution in [0.4, 0.5) is 0 Å². The molecule has 0 bridgehead atoms. The molecule has 0 saturated carbocycles. The second-order valence-electron chi connectivity index (χ2n) is 10.5. The maximum atomic E-state index is 12.2. The third-order valence-electron chi connectivity index (χ3n) is 6.21. The first kappa shape index (κ1) is 31.4. The maximum Gasteiger partial charge on any atom is 0.364 e. The molecule has 0 saturated heterocycles. The first-order chi connectivity index (χ1) is 15.3. The van der Waals surface area contributed by atoms with Crippen molar-refractivity contribution in [1.82, 2.24) is 0 Å². The fraction of sp³-hybridized carbons (Fsp3) is 0.964. The van der Waals surface area contributed by atoms with E-state index in [2.05, 4.69) is 34.6 Å². The highest BCUT2D eigenvalue weighted by atomic mass is 16.7. The zero-order valence-electron chi connectivity index (χ0n) is 22.3. The Labute approximate surface area is 200 Å². The highest BCUT2D eigenvalue weighted by Gasteiger charge is 2.40. The van der Waals surface area contributed by atoms with Crippen LogP contribution in [-0.4, -0.2) is 30.1 Å². The number of carbonyl (C=O) groups is 1. The van der Waals surface area contributed by atoms with Crippen LogP contribution in [0.1, 0.15) is 144 Å². The molecule has 192 valence electrons. The SMILES string of the molecule is CCCCCCCCCCC(OCCCCCC(C)C)(OCCCCCC(C)C)C(=O)O. The minimum Gasteiger partial charge on any atom is -0.477 e. The number of carboxylic acid groups (broad SMARTS) is 1. The van der Waals surface area contributed by atoms with Gasteiger partial charge in [-0.3, -0.25) is 0 Å². The highest BCUT2D eigenvalue weighted by molar-refractivity contribution is 5.75. The summed E-state index contributed by atoms with van der Waals surface area (Å²) in [5.74, 6) is -0.979. The summed E-state index contributed by atoms with van der Waals surface area (Å²) in [6.45, 7) is 12.1. The van der Waals surface area contributed by atoms with E-state index >= 15 is 0 Å². The molecule has 0 radical (unpaired) electrons. The summed E-state index contributed by atoms with van der Waals surface area (Å²) < 4.78 is 12.0. The van der Waals surface area contributed by atoms with E-state index in [1.165, 1.54) is 64.2 Å². The van der Waals surface area contributed by atoms with Gasteiger partial charge in [0.2, 0.25) is 0 Å². The predicted molar refractivity (Wildman–Crippen MR) is 136 cm³/mol. The van der Waals surface area contributed by atoms with Gasteiger partial charge in [-0.05, 0) is 31.1 Å². The lowest BCUT2D eigenvalue weighted by Gasteiger charge is -2.30. The van der Waals surface area contributed by atoms with E-state index in [0.29, 0.717) is 19.6 Å². The molecule has 0 aromatic rings. The van der Waals surface area contributed by atoms with Gasteiger partial charge >= 0.3 is 5.97 Å². The van der Waals surface area contributed by atoms with E-state index in [4.69, 9.17) is 9.47 Å². The molecule has 0 aliphatic heterocycles. The second-order valence-corrected chi connectivity index (χ2v) is 10.5. The van der Waals surface area contributed by atoms with Crippen LogP contribution in [0.3, 0.4) is 0 Å². The van der Waals surface area contributed by atoms with Gasteiger partial charge < -0.3 is 14.6 Å². The second kappa shape index (κ2) is 21.0. The summed E-state index contributed by atoms with van der Waals surface area (Å²) in [5.41, 5.74) is 0. The lowest BCUT2D eigenvalue weighted by molar-refractivity contribution is -0.248. The van der Waals surface area contributed by atoms with Crippen LogP contribution >= 0.6 is 0 Å². The molecule has 0 rings (SSSR count). The van der Waals surface area contributed by atoms with E-state index in [1.54, 1.807) is 0 Å². The zero-order chi connectivity index (χ0) is 24.1. The van der Waals surface area contributed by atoms with Crippen molar-refractivity contribution in [3.63, 3.8) is 0 Å². The fourth-order valence-electron chi connectivity index (χ4n) is 4.04. The third kappa shape index (κ3) is 17.9. The maximum absolute atomic E-state index is 12.2. The molecule has 32 heavy (non-hydrogen) atoms. The molecule has 0 unspecified atom stereocenters. The van der Waals surface area contributed by atoms with Crippen molar-refractivity contribution < 1.29 is 19.4 Å². The van der Waals surface area contributed by atoms with Crippen LogP contribution < -0.4 is 0 Å². The number of ether oxygens (including phenoxy) is 2. The molecule has 0 atom stereocenters. The Balaban J connectivity index is 4.50. The van der Waals surface area contributed by atoms with E-state index in [9.17, 15) is 9.90 Å². The Morgan fingerprint density at radius 3 is 1.47 bits per heavy atom. The molecule has 4 nitrogen and oxygen atoms in total. The Morgan fingerprint density at radius 2 is 1.06 bits per heavy atom. The average molecular weight is 457 g/mol. The molecule has 0 fully saturated rings. The van der Waals surface area contributed by atoms with Gasteiger partial charge in [0.1, 0.15) is 0 Å². The molecule has 0 spiro atoms. The molecule has 0 amide bonds. The average Bonchev–Trinajstić information content (AvgIpc) is 2.73. The molecular weight excluding hydrogens is 400 g/mol. The van der Waals surface area contributed by atoms with Crippen molar-refractivity contribution in [2.24, 2.45) is 11.8 Å². The molecule has 0 heterocycles. The van der Waals surface area contributed by atoms with E-state index in [-0.39, 0.29) is 0 Å². The largest absolute Gasteiger partial charge is 0.477 e. The van der Waals surface area contributed by atoms with Crippen molar-refractivity contribution in [2.75, 3.05) is 13.2 Å². The number of carboxylic acids is 1. The predicted octanol–water partition coefficient (Wildman–Crippen LogP) is 8.76. The molecule has 0 aliphatic carbocycles. The highest BCUT2D eigenvalue weighted by Crippen LogP contribution is 2.25. The third-order valence-corrected chi connectivity index (χ3v) is 6.21. The van der Waals surface area contributed by atoms with Crippen LogP contribution in [0.25, 0.3) is 0 Å². The Bertz CT molecular complexity index is 400. The molecule has 1 N–H and O–H groups in total. The molecular formula is C28H56O4. The summed E-state index contributed by atoms with van der Waals surface area (Å²) in [6.07, 6.45) is 18.7. The first-order valence-electron chi connectivity index (χ1n) is 13.8. The van der Waals surface area contributed by atoms with Gasteiger partial charge in [-0.15, -0.1) is 0 Å². The number of unbranched alkanes of at least 4 members (excludes halogenated alkanes) is 11. The Kier molecular flexibility index (Phi) is 20.6. The Hall–Kier alpha value is -0.610. The van der Waals surface area contributed by atoms with Crippen LogP contribution in [-0.2, 0) is 14.3 Å².